The van der Waals surface area contributed by atoms with Crippen molar-refractivity contribution >= 4 is 0 Å². The van der Waals surface area contributed by atoms with Crippen molar-refractivity contribution < 1.29 is 9.84 Å². The van der Waals surface area contributed by atoms with E-state index in [2.05, 4.69) is 11.8 Å². The van der Waals surface area contributed by atoms with Crippen LogP contribution in [0.4, 0.5) is 0 Å². The topological polar surface area (TPSA) is 32.7 Å². The van der Waals surface area contributed by atoms with E-state index >= 15 is 0 Å². The van der Waals surface area contributed by atoms with Gasteiger partial charge in [-0.1, -0.05) is 25.8 Å². The third kappa shape index (κ3) is 3.63. The van der Waals surface area contributed by atoms with Gasteiger partial charge in [0.1, 0.15) is 0 Å². The molecule has 1 aromatic rings. The van der Waals surface area contributed by atoms with Crippen LogP contribution in [0.1, 0.15) is 45.1 Å². The molecule has 0 bridgehead atoms. The van der Waals surface area contributed by atoms with Gasteiger partial charge in [0.15, 0.2) is 11.5 Å². The maximum Gasteiger partial charge on any atom is 0.161 e. The minimum atomic E-state index is 0.231. The monoisotopic (exact) mass is 263 g/mol. The largest absolute Gasteiger partial charge is 0.504 e. The first kappa shape index (κ1) is 14.2. The van der Waals surface area contributed by atoms with Crippen molar-refractivity contribution in [1.29, 1.82) is 0 Å². The predicted molar refractivity (Wildman–Crippen MR) is 77.6 cm³/mol. The predicted octanol–water partition coefficient (Wildman–Crippen LogP) is 3.56. The highest BCUT2D eigenvalue weighted by molar-refractivity contribution is 5.41. The van der Waals surface area contributed by atoms with E-state index in [0.717, 1.165) is 19.1 Å². The standard InChI is InChI=1S/C16H25NO2/c1-3-17(14-7-5-6-8-14)12-13-9-10-15(18)16(11-13)19-4-2/h9-11,14,18H,3-8,12H2,1-2H3. The van der Waals surface area contributed by atoms with Crippen LogP contribution in [0.2, 0.25) is 0 Å². The van der Waals surface area contributed by atoms with Gasteiger partial charge in [0.25, 0.3) is 0 Å². The first-order chi connectivity index (χ1) is 9.24. The second kappa shape index (κ2) is 6.80. The van der Waals surface area contributed by atoms with Gasteiger partial charge in [0.05, 0.1) is 6.61 Å². The van der Waals surface area contributed by atoms with Crippen molar-refractivity contribution in [2.45, 2.75) is 52.1 Å². The van der Waals surface area contributed by atoms with Gasteiger partial charge < -0.3 is 9.84 Å². The molecule has 2 rings (SSSR count). The van der Waals surface area contributed by atoms with E-state index in [1.807, 2.05) is 19.1 Å². The van der Waals surface area contributed by atoms with Gasteiger partial charge in [-0.3, -0.25) is 4.90 Å². The zero-order valence-electron chi connectivity index (χ0n) is 12.1. The molecule has 1 N–H and O–H groups in total. The molecule has 0 aliphatic heterocycles. The molecule has 3 heteroatoms. The molecule has 1 fully saturated rings. The van der Waals surface area contributed by atoms with Crippen molar-refractivity contribution in [3.63, 3.8) is 0 Å². The summed E-state index contributed by atoms with van der Waals surface area (Å²) in [4.78, 5) is 2.54. The SMILES string of the molecule is CCOc1cc(CN(CC)C2CCCC2)ccc1O. The molecule has 1 aromatic carbocycles. The lowest BCUT2D eigenvalue weighted by Gasteiger charge is -2.27. The number of rotatable bonds is 6. The van der Waals surface area contributed by atoms with E-state index < -0.39 is 0 Å². The smallest absolute Gasteiger partial charge is 0.161 e. The minimum Gasteiger partial charge on any atom is -0.504 e. The van der Waals surface area contributed by atoms with E-state index in [-0.39, 0.29) is 5.75 Å². The van der Waals surface area contributed by atoms with Crippen molar-refractivity contribution in [3.8, 4) is 11.5 Å². The van der Waals surface area contributed by atoms with Crippen LogP contribution in [0.3, 0.4) is 0 Å². The zero-order chi connectivity index (χ0) is 13.7. The number of phenols is 1. The molecule has 1 saturated carbocycles. The number of hydrogen-bond acceptors (Lipinski definition) is 3. The molecule has 1 aliphatic carbocycles. The van der Waals surface area contributed by atoms with Crippen LogP contribution < -0.4 is 4.74 Å². The average Bonchev–Trinajstić information content (AvgIpc) is 2.93. The Balaban J connectivity index is 2.06. The molecule has 0 heterocycles. The van der Waals surface area contributed by atoms with Gasteiger partial charge in [-0.25, -0.2) is 0 Å². The fraction of sp³-hybridized carbons (Fsp3) is 0.625. The van der Waals surface area contributed by atoms with E-state index in [1.165, 1.54) is 31.2 Å². The highest BCUT2D eigenvalue weighted by Crippen LogP contribution is 2.29. The normalized spacial score (nSPS) is 16.2. The van der Waals surface area contributed by atoms with E-state index in [1.54, 1.807) is 6.07 Å². The number of phenolic OH excluding ortho intramolecular Hbond substituents is 1. The summed E-state index contributed by atoms with van der Waals surface area (Å²) in [6, 6.07) is 6.43. The van der Waals surface area contributed by atoms with Crippen LogP contribution in [-0.2, 0) is 6.54 Å². The minimum absolute atomic E-state index is 0.231. The fourth-order valence-electron chi connectivity index (χ4n) is 2.93. The Kier molecular flexibility index (Phi) is 5.08. The summed E-state index contributed by atoms with van der Waals surface area (Å²) < 4.78 is 5.45. The maximum atomic E-state index is 9.73. The number of hydrogen-bond donors (Lipinski definition) is 1. The van der Waals surface area contributed by atoms with Crippen LogP contribution in [-0.4, -0.2) is 29.2 Å². The highest BCUT2D eigenvalue weighted by atomic mass is 16.5. The van der Waals surface area contributed by atoms with Crippen molar-refractivity contribution in [3.05, 3.63) is 23.8 Å². The summed E-state index contributed by atoms with van der Waals surface area (Å²) in [6.07, 6.45) is 5.37. The van der Waals surface area contributed by atoms with Crippen LogP contribution in [0.15, 0.2) is 18.2 Å². The van der Waals surface area contributed by atoms with E-state index in [4.69, 9.17) is 4.74 Å². The van der Waals surface area contributed by atoms with Gasteiger partial charge >= 0.3 is 0 Å². The van der Waals surface area contributed by atoms with Gasteiger partial charge in [0, 0.05) is 12.6 Å². The van der Waals surface area contributed by atoms with Gasteiger partial charge in [-0.05, 0) is 44.0 Å². The Morgan fingerprint density at radius 3 is 2.63 bits per heavy atom. The molecular formula is C16H25NO2. The number of nitrogens with zero attached hydrogens (tertiary/aromatic N) is 1. The molecule has 3 nitrogen and oxygen atoms in total. The lowest BCUT2D eigenvalue weighted by atomic mass is 10.1. The molecule has 0 spiro atoms. The van der Waals surface area contributed by atoms with Crippen LogP contribution in [0.25, 0.3) is 0 Å². The van der Waals surface area contributed by atoms with Crippen molar-refractivity contribution in [2.24, 2.45) is 0 Å². The highest BCUT2D eigenvalue weighted by Gasteiger charge is 2.21. The second-order valence-corrected chi connectivity index (χ2v) is 5.24. The lowest BCUT2D eigenvalue weighted by molar-refractivity contribution is 0.200. The molecule has 0 unspecified atom stereocenters. The van der Waals surface area contributed by atoms with Gasteiger partial charge in [-0.2, -0.15) is 0 Å². The quantitative estimate of drug-likeness (QED) is 0.852. The molecule has 0 saturated heterocycles. The summed E-state index contributed by atoms with van der Waals surface area (Å²) in [5, 5.41) is 9.73. The summed E-state index contributed by atoms with van der Waals surface area (Å²) in [5.41, 5.74) is 1.22. The van der Waals surface area contributed by atoms with Crippen LogP contribution >= 0.6 is 0 Å². The Labute approximate surface area is 116 Å². The fourth-order valence-corrected chi connectivity index (χ4v) is 2.93. The van der Waals surface area contributed by atoms with Crippen LogP contribution in [0, 0.1) is 0 Å². The van der Waals surface area contributed by atoms with Gasteiger partial charge in [0.2, 0.25) is 0 Å². The summed E-state index contributed by atoms with van der Waals surface area (Å²) in [6.45, 7) is 6.76. The van der Waals surface area contributed by atoms with E-state index in [0.29, 0.717) is 12.4 Å². The second-order valence-electron chi connectivity index (χ2n) is 5.24. The zero-order valence-corrected chi connectivity index (χ0v) is 12.1. The molecule has 1 aliphatic rings. The van der Waals surface area contributed by atoms with Gasteiger partial charge in [-0.15, -0.1) is 0 Å². The Hall–Kier alpha value is -1.22. The molecule has 106 valence electrons. The Bertz CT molecular complexity index is 400. The summed E-state index contributed by atoms with van der Waals surface area (Å²) in [5.74, 6) is 0.831. The van der Waals surface area contributed by atoms with Crippen molar-refractivity contribution in [1.82, 2.24) is 4.90 Å². The van der Waals surface area contributed by atoms with Crippen molar-refractivity contribution in [2.75, 3.05) is 13.2 Å². The van der Waals surface area contributed by atoms with Crippen LogP contribution in [0.5, 0.6) is 11.5 Å². The summed E-state index contributed by atoms with van der Waals surface area (Å²) in [7, 11) is 0. The molecule has 0 amide bonds. The molecule has 0 radical (unpaired) electrons. The van der Waals surface area contributed by atoms with E-state index in [9.17, 15) is 5.11 Å². The molecule has 19 heavy (non-hydrogen) atoms. The molecule has 0 atom stereocenters. The number of ether oxygens (including phenoxy) is 1. The third-order valence-electron chi connectivity index (χ3n) is 3.96. The molecular weight excluding hydrogens is 238 g/mol. The Morgan fingerprint density at radius 1 is 1.26 bits per heavy atom. The Morgan fingerprint density at radius 2 is 2.00 bits per heavy atom. The third-order valence-corrected chi connectivity index (χ3v) is 3.96. The number of benzene rings is 1. The first-order valence-corrected chi connectivity index (χ1v) is 7.43. The number of aromatic hydroxyl groups is 1. The summed E-state index contributed by atoms with van der Waals surface area (Å²) >= 11 is 0. The molecule has 0 aromatic heterocycles. The lowest BCUT2D eigenvalue weighted by Crippen LogP contribution is -2.32. The first-order valence-electron chi connectivity index (χ1n) is 7.43. The maximum absolute atomic E-state index is 9.73. The average molecular weight is 263 g/mol.